The lowest BCUT2D eigenvalue weighted by Crippen LogP contribution is -2.51. The molecule has 6 rings (SSSR count). The number of ether oxygens (including phenoxy) is 1. The van der Waals surface area contributed by atoms with Gasteiger partial charge < -0.3 is 15.0 Å². The van der Waals surface area contributed by atoms with Gasteiger partial charge in [-0.25, -0.2) is 0 Å². The Hall–Kier alpha value is -2.89. The molecule has 0 saturated heterocycles. The van der Waals surface area contributed by atoms with Crippen molar-refractivity contribution in [2.24, 2.45) is 28.6 Å². The highest BCUT2D eigenvalue weighted by atomic mass is 16.5. The first kappa shape index (κ1) is 26.3. The molecule has 4 aliphatic rings. The van der Waals surface area contributed by atoms with E-state index < -0.39 is 0 Å². The first-order valence-corrected chi connectivity index (χ1v) is 15.0. The van der Waals surface area contributed by atoms with Crippen molar-refractivity contribution in [3.05, 3.63) is 47.7 Å². The maximum Gasteiger partial charge on any atom is 0.306 e. The highest BCUT2D eigenvalue weighted by Crippen LogP contribution is 2.65. The van der Waals surface area contributed by atoms with Crippen LogP contribution in [0, 0.1) is 28.6 Å². The molecule has 39 heavy (non-hydrogen) atoms. The van der Waals surface area contributed by atoms with Crippen LogP contribution in [0.1, 0.15) is 83.6 Å². The number of ketones is 1. The number of aromatic nitrogens is 1. The molecule has 1 aromatic carbocycles. The number of fused-ring (bicyclic) bond motifs is 6. The van der Waals surface area contributed by atoms with E-state index >= 15 is 0 Å². The Morgan fingerprint density at radius 1 is 1.03 bits per heavy atom. The van der Waals surface area contributed by atoms with E-state index in [0.29, 0.717) is 36.5 Å². The zero-order chi connectivity index (χ0) is 27.2. The molecule has 1 amide bonds. The Morgan fingerprint density at radius 2 is 1.87 bits per heavy atom. The number of esters is 1. The van der Waals surface area contributed by atoms with E-state index in [2.05, 4.69) is 30.2 Å². The molecule has 6 heteroatoms. The number of hydrogen-bond donors (Lipinski definition) is 2. The standard InChI is InChI=1S/C33H42N2O4/c1-32-16-13-23(36)19-22(32)7-8-25-26-9-10-29(33(26,2)17-14-27(25)32)39-31(38)12-11-30(37)34-18-15-21-20-35-28-6-4-3-5-24(21)28/h3-6,19-20,25-27,29,35H,7-18H2,1-2H3,(H,34,37). The van der Waals surface area contributed by atoms with Crippen molar-refractivity contribution >= 4 is 28.6 Å². The predicted octanol–water partition coefficient (Wildman–Crippen LogP) is 6.05. The van der Waals surface area contributed by atoms with Crippen molar-refractivity contribution in [1.82, 2.24) is 10.3 Å². The van der Waals surface area contributed by atoms with Gasteiger partial charge in [0.1, 0.15) is 6.10 Å². The number of H-pyrrole nitrogens is 1. The lowest BCUT2D eigenvalue weighted by molar-refractivity contribution is -0.160. The third-order valence-corrected chi connectivity index (χ3v) is 11.1. The fraction of sp³-hybridized carbons (Fsp3) is 0.606. The molecule has 208 valence electrons. The third kappa shape index (κ3) is 4.74. The van der Waals surface area contributed by atoms with Gasteiger partial charge in [0.25, 0.3) is 0 Å². The first-order valence-electron chi connectivity index (χ1n) is 15.0. The van der Waals surface area contributed by atoms with Crippen molar-refractivity contribution < 1.29 is 19.1 Å². The van der Waals surface area contributed by atoms with Crippen molar-refractivity contribution in [1.29, 1.82) is 0 Å². The van der Waals surface area contributed by atoms with Crippen molar-refractivity contribution in [3.63, 3.8) is 0 Å². The van der Waals surface area contributed by atoms with E-state index in [-0.39, 0.29) is 41.7 Å². The van der Waals surface area contributed by atoms with Gasteiger partial charge in [-0.3, -0.25) is 14.4 Å². The van der Waals surface area contributed by atoms with Crippen LogP contribution in [0.3, 0.4) is 0 Å². The Bertz CT molecular complexity index is 1310. The second-order valence-electron chi connectivity index (χ2n) is 13.0. The molecule has 1 aromatic heterocycles. The molecule has 6 nitrogen and oxygen atoms in total. The zero-order valence-corrected chi connectivity index (χ0v) is 23.4. The van der Waals surface area contributed by atoms with E-state index in [4.69, 9.17) is 4.74 Å². The minimum atomic E-state index is -0.248. The summed E-state index contributed by atoms with van der Waals surface area (Å²) in [6, 6.07) is 8.15. The van der Waals surface area contributed by atoms with Crippen LogP contribution in [0.5, 0.6) is 0 Å². The van der Waals surface area contributed by atoms with Crippen molar-refractivity contribution in [2.45, 2.75) is 90.6 Å². The Labute approximate surface area is 231 Å². The van der Waals surface area contributed by atoms with E-state index in [1.54, 1.807) is 0 Å². The topological polar surface area (TPSA) is 88.3 Å². The largest absolute Gasteiger partial charge is 0.462 e. The maximum absolute atomic E-state index is 12.8. The third-order valence-electron chi connectivity index (χ3n) is 11.1. The fourth-order valence-corrected chi connectivity index (χ4v) is 8.90. The summed E-state index contributed by atoms with van der Waals surface area (Å²) in [5.74, 6) is 1.79. The summed E-state index contributed by atoms with van der Waals surface area (Å²) in [5, 5.41) is 4.14. The predicted molar refractivity (Wildman–Crippen MR) is 151 cm³/mol. The van der Waals surface area contributed by atoms with E-state index in [1.165, 1.54) is 16.5 Å². The van der Waals surface area contributed by atoms with Gasteiger partial charge in [-0.15, -0.1) is 0 Å². The highest BCUT2D eigenvalue weighted by molar-refractivity contribution is 5.91. The van der Waals surface area contributed by atoms with Crippen LogP contribution in [-0.2, 0) is 25.5 Å². The van der Waals surface area contributed by atoms with Gasteiger partial charge in [0, 0.05) is 41.9 Å². The quantitative estimate of drug-likeness (QED) is 0.427. The number of carbonyl (C=O) groups is 3. The van der Waals surface area contributed by atoms with Crippen LogP contribution in [0.4, 0.5) is 0 Å². The second kappa shape index (κ2) is 10.3. The average Bonchev–Trinajstić information content (AvgIpc) is 3.48. The first-order chi connectivity index (χ1) is 18.8. The number of nitrogens with one attached hydrogen (secondary N) is 2. The molecule has 0 aliphatic heterocycles. The van der Waals surface area contributed by atoms with Crippen molar-refractivity contribution in [3.8, 4) is 0 Å². The molecule has 2 N–H and O–H groups in total. The number of hydrogen-bond acceptors (Lipinski definition) is 4. The molecule has 6 unspecified atom stereocenters. The average molecular weight is 531 g/mol. The lowest BCUT2D eigenvalue weighted by Gasteiger charge is -2.57. The Morgan fingerprint density at radius 3 is 2.74 bits per heavy atom. The molecule has 4 aliphatic carbocycles. The molecular weight excluding hydrogens is 488 g/mol. The number of amides is 1. The van der Waals surface area contributed by atoms with Crippen LogP contribution in [0.2, 0.25) is 0 Å². The Balaban J connectivity index is 0.991. The summed E-state index contributed by atoms with van der Waals surface area (Å²) in [5.41, 5.74) is 3.85. The molecule has 6 atom stereocenters. The molecule has 2 aromatic rings. The molecule has 3 fully saturated rings. The smallest absolute Gasteiger partial charge is 0.306 e. The fourth-order valence-electron chi connectivity index (χ4n) is 8.90. The van der Waals surface area contributed by atoms with Gasteiger partial charge >= 0.3 is 5.97 Å². The summed E-state index contributed by atoms with van der Waals surface area (Å²) in [6.45, 7) is 5.29. The number of aromatic amines is 1. The lowest BCUT2D eigenvalue weighted by atomic mass is 9.47. The van der Waals surface area contributed by atoms with E-state index in [9.17, 15) is 14.4 Å². The van der Waals surface area contributed by atoms with Gasteiger partial charge in [-0.2, -0.15) is 0 Å². The minimum absolute atomic E-state index is 0.0144. The molecule has 3 saturated carbocycles. The van der Waals surface area contributed by atoms with Crippen molar-refractivity contribution in [2.75, 3.05) is 6.54 Å². The molecule has 0 radical (unpaired) electrons. The van der Waals surface area contributed by atoms with Gasteiger partial charge in [-0.1, -0.05) is 37.6 Å². The number of carbonyl (C=O) groups excluding carboxylic acids is 3. The normalized spacial score (nSPS) is 33.6. The second-order valence-corrected chi connectivity index (χ2v) is 13.0. The summed E-state index contributed by atoms with van der Waals surface area (Å²) in [6.07, 6.45) is 13.1. The monoisotopic (exact) mass is 530 g/mol. The highest BCUT2D eigenvalue weighted by Gasteiger charge is 2.59. The van der Waals surface area contributed by atoms with Gasteiger partial charge in [-0.05, 0) is 92.2 Å². The molecular formula is C33H42N2O4. The van der Waals surface area contributed by atoms with E-state index in [0.717, 1.165) is 56.9 Å². The summed E-state index contributed by atoms with van der Waals surface area (Å²) in [7, 11) is 0. The van der Waals surface area contributed by atoms with Gasteiger partial charge in [0.2, 0.25) is 5.91 Å². The van der Waals surface area contributed by atoms with Gasteiger partial charge in [0.05, 0.1) is 6.42 Å². The summed E-state index contributed by atoms with van der Waals surface area (Å²) < 4.78 is 6.09. The molecule has 0 spiro atoms. The van der Waals surface area contributed by atoms with Crippen LogP contribution in [0.15, 0.2) is 42.1 Å². The zero-order valence-electron chi connectivity index (χ0n) is 23.4. The Kier molecular flexibility index (Phi) is 6.93. The number of benzene rings is 1. The van der Waals surface area contributed by atoms with Crippen LogP contribution >= 0.6 is 0 Å². The number of rotatable bonds is 7. The maximum atomic E-state index is 12.8. The number of para-hydroxylation sites is 1. The van der Waals surface area contributed by atoms with Crippen LogP contribution in [0.25, 0.3) is 10.9 Å². The molecule has 1 heterocycles. The van der Waals surface area contributed by atoms with Crippen LogP contribution in [-0.4, -0.2) is 35.3 Å². The van der Waals surface area contributed by atoms with Crippen LogP contribution < -0.4 is 5.32 Å². The summed E-state index contributed by atoms with van der Waals surface area (Å²) in [4.78, 5) is 40.6. The van der Waals surface area contributed by atoms with Gasteiger partial charge in [0.15, 0.2) is 5.78 Å². The van der Waals surface area contributed by atoms with E-state index in [1.807, 2.05) is 30.5 Å². The minimum Gasteiger partial charge on any atom is -0.462 e. The SMILES string of the molecule is CC12CCC(=O)C=C1CCC1C2CCC2(C)C(OC(=O)CCC(=O)NCCc3c[nH]c4ccccc34)CCC12. The summed E-state index contributed by atoms with van der Waals surface area (Å²) >= 11 is 0. The molecule has 0 bridgehead atoms. The number of allylic oxidation sites excluding steroid dienone is 1.